The summed E-state index contributed by atoms with van der Waals surface area (Å²) in [5.74, 6) is 1.10. The van der Waals surface area contributed by atoms with E-state index in [2.05, 4.69) is 35.6 Å². The highest BCUT2D eigenvalue weighted by Crippen LogP contribution is 2.43. The van der Waals surface area contributed by atoms with Crippen molar-refractivity contribution in [2.45, 2.75) is 90.1 Å². The van der Waals surface area contributed by atoms with E-state index in [0.717, 1.165) is 18.9 Å². The van der Waals surface area contributed by atoms with Gasteiger partial charge in [0, 0.05) is 18.8 Å². The van der Waals surface area contributed by atoms with Crippen molar-refractivity contribution in [3.05, 3.63) is 17.7 Å². The van der Waals surface area contributed by atoms with E-state index in [9.17, 15) is 0 Å². The van der Waals surface area contributed by atoms with Gasteiger partial charge in [-0.3, -0.25) is 0 Å². The molecule has 1 saturated carbocycles. The van der Waals surface area contributed by atoms with E-state index >= 15 is 0 Å². The van der Waals surface area contributed by atoms with E-state index in [1.165, 1.54) is 44.2 Å². The number of hydrogen-bond donors (Lipinski definition) is 1. The maximum atomic E-state index is 6.45. The lowest BCUT2D eigenvalue weighted by molar-refractivity contribution is -0.0422. The molecule has 3 rings (SSSR count). The summed E-state index contributed by atoms with van der Waals surface area (Å²) in [6, 6.07) is 0.498. The second-order valence-corrected chi connectivity index (χ2v) is 7.11. The molecule has 4 heteroatoms. The van der Waals surface area contributed by atoms with E-state index in [1.54, 1.807) is 0 Å². The van der Waals surface area contributed by atoms with Gasteiger partial charge in [0.05, 0.1) is 23.9 Å². The van der Waals surface area contributed by atoms with Crippen LogP contribution in [0.15, 0.2) is 6.20 Å². The molecule has 0 aromatic carbocycles. The zero-order valence-electron chi connectivity index (χ0n) is 13.7. The van der Waals surface area contributed by atoms with E-state index in [1.807, 2.05) is 6.20 Å². The van der Waals surface area contributed by atoms with E-state index in [4.69, 9.17) is 4.74 Å². The van der Waals surface area contributed by atoms with Crippen molar-refractivity contribution in [3.63, 3.8) is 0 Å². The molecular formula is C17H29N3O. The van der Waals surface area contributed by atoms with Gasteiger partial charge in [0.1, 0.15) is 5.82 Å². The van der Waals surface area contributed by atoms with Crippen molar-refractivity contribution in [2.24, 2.45) is 0 Å². The molecule has 118 valence electrons. The lowest BCUT2D eigenvalue weighted by Crippen LogP contribution is -2.28. The molecule has 1 unspecified atom stereocenters. The Morgan fingerprint density at radius 3 is 2.86 bits per heavy atom. The van der Waals surface area contributed by atoms with Crippen molar-refractivity contribution in [1.29, 1.82) is 0 Å². The number of nitrogens with one attached hydrogen (secondary N) is 1. The van der Waals surface area contributed by atoms with Crippen LogP contribution in [0.3, 0.4) is 0 Å². The molecule has 2 aliphatic rings. The molecule has 1 N–H and O–H groups in total. The van der Waals surface area contributed by atoms with E-state index < -0.39 is 0 Å². The predicted octanol–water partition coefficient (Wildman–Crippen LogP) is 3.18. The fourth-order valence-corrected chi connectivity index (χ4v) is 3.83. The maximum absolute atomic E-state index is 6.45. The molecule has 1 aromatic heterocycles. The van der Waals surface area contributed by atoms with Crippen LogP contribution in [0.2, 0.25) is 0 Å². The van der Waals surface area contributed by atoms with Gasteiger partial charge in [-0.2, -0.15) is 0 Å². The second-order valence-electron chi connectivity index (χ2n) is 7.11. The topological polar surface area (TPSA) is 39.1 Å². The molecule has 2 fully saturated rings. The number of hydrogen-bond acceptors (Lipinski definition) is 3. The number of ether oxygens (including phenoxy) is 1. The van der Waals surface area contributed by atoms with Crippen LogP contribution < -0.4 is 5.32 Å². The number of rotatable bonds is 5. The Hall–Kier alpha value is -0.870. The van der Waals surface area contributed by atoms with Crippen LogP contribution in [-0.2, 0) is 17.8 Å². The molecule has 1 aliphatic heterocycles. The lowest BCUT2D eigenvalue weighted by Gasteiger charge is -2.24. The monoisotopic (exact) mass is 291 g/mol. The summed E-state index contributed by atoms with van der Waals surface area (Å²) in [4.78, 5) is 4.49. The van der Waals surface area contributed by atoms with Crippen LogP contribution in [0, 0.1) is 6.92 Å². The molecule has 21 heavy (non-hydrogen) atoms. The Balaban J connectivity index is 1.63. The van der Waals surface area contributed by atoms with Crippen LogP contribution in [0.1, 0.15) is 63.9 Å². The van der Waals surface area contributed by atoms with Crippen LogP contribution in [-0.4, -0.2) is 27.3 Å². The van der Waals surface area contributed by atoms with Crippen LogP contribution in [0.25, 0.3) is 0 Å². The van der Waals surface area contributed by atoms with Gasteiger partial charge in [0.25, 0.3) is 0 Å². The summed E-state index contributed by atoms with van der Waals surface area (Å²) >= 11 is 0. The minimum atomic E-state index is 0.232. The summed E-state index contributed by atoms with van der Waals surface area (Å²) in [5, 5.41) is 3.49. The number of imidazole rings is 1. The average Bonchev–Trinajstić information content (AvgIpc) is 3.14. The van der Waals surface area contributed by atoms with Crippen molar-refractivity contribution in [3.8, 4) is 0 Å². The Kier molecular flexibility index (Phi) is 4.36. The standard InChI is InChI=1S/C17H29N3O/c1-13(2)18-10-15-11-19-14(3)20(15)12-16-6-9-17(21-16)7-4-5-8-17/h11,13,16,18H,4-10,12H2,1-3H3. The highest BCUT2D eigenvalue weighted by molar-refractivity contribution is 5.05. The van der Waals surface area contributed by atoms with Crippen LogP contribution >= 0.6 is 0 Å². The lowest BCUT2D eigenvalue weighted by atomic mass is 9.98. The van der Waals surface area contributed by atoms with Crippen molar-refractivity contribution in [2.75, 3.05) is 0 Å². The van der Waals surface area contributed by atoms with E-state index in [0.29, 0.717) is 12.1 Å². The Morgan fingerprint density at radius 1 is 1.38 bits per heavy atom. The summed E-state index contributed by atoms with van der Waals surface area (Å²) in [6.45, 7) is 8.30. The first-order chi connectivity index (χ1) is 10.1. The first-order valence-electron chi connectivity index (χ1n) is 8.50. The molecule has 1 spiro atoms. The predicted molar refractivity (Wildman–Crippen MR) is 84.2 cm³/mol. The zero-order valence-corrected chi connectivity index (χ0v) is 13.7. The van der Waals surface area contributed by atoms with Crippen LogP contribution in [0.5, 0.6) is 0 Å². The summed E-state index contributed by atoms with van der Waals surface area (Å²) in [6.07, 6.45) is 10.1. The van der Waals surface area contributed by atoms with Gasteiger partial charge in [0.2, 0.25) is 0 Å². The van der Waals surface area contributed by atoms with Gasteiger partial charge in [-0.15, -0.1) is 0 Å². The minimum absolute atomic E-state index is 0.232. The third-order valence-electron chi connectivity index (χ3n) is 5.07. The largest absolute Gasteiger partial charge is 0.370 e. The van der Waals surface area contributed by atoms with Crippen molar-refractivity contribution < 1.29 is 4.74 Å². The highest BCUT2D eigenvalue weighted by Gasteiger charge is 2.42. The quantitative estimate of drug-likeness (QED) is 0.905. The normalized spacial score (nSPS) is 24.5. The van der Waals surface area contributed by atoms with Gasteiger partial charge in [0.15, 0.2) is 0 Å². The van der Waals surface area contributed by atoms with E-state index in [-0.39, 0.29) is 5.60 Å². The molecule has 1 aromatic rings. The molecule has 1 aliphatic carbocycles. The van der Waals surface area contributed by atoms with Gasteiger partial charge in [-0.05, 0) is 32.6 Å². The summed E-state index contributed by atoms with van der Waals surface area (Å²) in [7, 11) is 0. The van der Waals surface area contributed by atoms with Gasteiger partial charge in [-0.25, -0.2) is 4.98 Å². The van der Waals surface area contributed by atoms with Gasteiger partial charge in [-0.1, -0.05) is 26.7 Å². The molecule has 2 heterocycles. The molecule has 1 saturated heterocycles. The Labute approximate surface area is 128 Å². The molecule has 0 bridgehead atoms. The Bertz CT molecular complexity index is 474. The minimum Gasteiger partial charge on any atom is -0.370 e. The fourth-order valence-electron chi connectivity index (χ4n) is 3.83. The SMILES string of the molecule is Cc1ncc(CNC(C)C)n1CC1CCC2(CCCC2)O1. The third-order valence-corrected chi connectivity index (χ3v) is 5.07. The number of nitrogens with zero attached hydrogens (tertiary/aromatic N) is 2. The smallest absolute Gasteiger partial charge is 0.105 e. The van der Waals surface area contributed by atoms with Gasteiger partial charge >= 0.3 is 0 Å². The summed E-state index contributed by atoms with van der Waals surface area (Å²) in [5.41, 5.74) is 1.51. The second kappa shape index (κ2) is 6.09. The van der Waals surface area contributed by atoms with Crippen LogP contribution in [0.4, 0.5) is 0 Å². The maximum Gasteiger partial charge on any atom is 0.105 e. The van der Waals surface area contributed by atoms with Gasteiger partial charge < -0.3 is 14.6 Å². The number of aryl methyl sites for hydroxylation is 1. The first kappa shape index (κ1) is 15.0. The third kappa shape index (κ3) is 3.32. The number of aromatic nitrogens is 2. The molecule has 1 atom stereocenters. The fraction of sp³-hybridized carbons (Fsp3) is 0.824. The highest BCUT2D eigenvalue weighted by atomic mass is 16.5. The zero-order chi connectivity index (χ0) is 14.9. The average molecular weight is 291 g/mol. The molecule has 4 nitrogen and oxygen atoms in total. The summed E-state index contributed by atoms with van der Waals surface area (Å²) < 4.78 is 8.79. The molecule has 0 radical (unpaired) electrons. The molecule has 0 amide bonds. The van der Waals surface area contributed by atoms with Crippen molar-refractivity contribution >= 4 is 0 Å². The van der Waals surface area contributed by atoms with Crippen molar-refractivity contribution in [1.82, 2.24) is 14.9 Å². The first-order valence-corrected chi connectivity index (χ1v) is 8.50. The molecular weight excluding hydrogens is 262 g/mol. The Morgan fingerprint density at radius 2 is 2.14 bits per heavy atom.